The van der Waals surface area contributed by atoms with E-state index < -0.39 is 41.8 Å². The molecule has 0 spiro atoms. The van der Waals surface area contributed by atoms with Gasteiger partial charge < -0.3 is 30.5 Å². The Morgan fingerprint density at radius 3 is 2.27 bits per heavy atom. The third-order valence-electron chi connectivity index (χ3n) is 8.52. The lowest BCUT2D eigenvalue weighted by Crippen LogP contribution is -2.57. The summed E-state index contributed by atoms with van der Waals surface area (Å²) >= 11 is 0. The van der Waals surface area contributed by atoms with Crippen LogP contribution < -0.4 is 26.0 Å². The molecule has 2 saturated heterocycles. The van der Waals surface area contributed by atoms with Crippen LogP contribution in [0.1, 0.15) is 64.4 Å². The van der Waals surface area contributed by atoms with Gasteiger partial charge in [0.25, 0.3) is 0 Å². The van der Waals surface area contributed by atoms with Crippen LogP contribution in [-0.2, 0) is 30.3 Å². The normalized spacial score (nSPS) is 26.3. The van der Waals surface area contributed by atoms with Crippen molar-refractivity contribution in [2.75, 3.05) is 20.3 Å². The van der Waals surface area contributed by atoms with Gasteiger partial charge in [0.2, 0.25) is 17.7 Å². The van der Waals surface area contributed by atoms with E-state index in [9.17, 15) is 24.3 Å². The molecule has 2 aliphatic heterocycles. The Balaban J connectivity index is 1.45. The molecule has 6 atom stereocenters. The maximum atomic E-state index is 13.7. The first kappa shape index (κ1) is 30.9. The smallest absolute Gasteiger partial charge is 0.243 e. The van der Waals surface area contributed by atoms with Crippen molar-refractivity contribution in [1.29, 1.82) is 0 Å². The molecule has 1 aromatic rings. The maximum absolute atomic E-state index is 13.7. The van der Waals surface area contributed by atoms with Crippen molar-refractivity contribution in [3.8, 4) is 5.75 Å². The highest BCUT2D eigenvalue weighted by molar-refractivity contribution is 5.98. The van der Waals surface area contributed by atoms with Crippen molar-refractivity contribution < 1.29 is 33.8 Å². The number of piperidine rings is 1. The zero-order valence-corrected chi connectivity index (χ0v) is 24.2. The Kier molecular flexibility index (Phi) is 10.4. The SMILES string of the molecule is COc1ccc(C[C@H](NC(=O)[C@@H](C)NC(=O)[C@@H]2CCC(O)NC2)C(=O)N[C@@H](CC2CCCC2)C(=O)[C@@]2(C)CO2)cc1. The third-order valence-corrected chi connectivity index (χ3v) is 8.52. The average molecular weight is 573 g/mol. The summed E-state index contributed by atoms with van der Waals surface area (Å²) in [5.41, 5.74) is -0.0837. The molecule has 3 aliphatic rings. The van der Waals surface area contributed by atoms with Gasteiger partial charge in [-0.05, 0) is 56.7 Å². The second-order valence-electron chi connectivity index (χ2n) is 11.9. The number of benzene rings is 1. The first-order chi connectivity index (χ1) is 19.6. The number of aliphatic hydroxyl groups is 1. The van der Waals surface area contributed by atoms with Crippen LogP contribution >= 0.6 is 0 Å². The largest absolute Gasteiger partial charge is 0.497 e. The monoisotopic (exact) mass is 572 g/mol. The fraction of sp³-hybridized carbons (Fsp3) is 0.667. The molecule has 0 aromatic heterocycles. The molecule has 4 rings (SSSR count). The lowest BCUT2D eigenvalue weighted by atomic mass is 9.90. The Morgan fingerprint density at radius 2 is 1.68 bits per heavy atom. The summed E-state index contributed by atoms with van der Waals surface area (Å²) in [7, 11) is 1.57. The number of Topliss-reactive ketones (excluding diaryl/α,β-unsaturated/α-hetero) is 1. The molecule has 1 aromatic carbocycles. The van der Waals surface area contributed by atoms with E-state index in [2.05, 4.69) is 21.3 Å². The molecule has 1 saturated carbocycles. The Morgan fingerprint density at radius 1 is 1.02 bits per heavy atom. The Bertz CT molecular complexity index is 1080. The number of ketones is 1. The van der Waals surface area contributed by atoms with Gasteiger partial charge in [0.05, 0.1) is 25.7 Å². The van der Waals surface area contributed by atoms with Crippen LogP contribution in [-0.4, -0.2) is 78.8 Å². The van der Waals surface area contributed by atoms with E-state index in [0.29, 0.717) is 44.1 Å². The van der Waals surface area contributed by atoms with Crippen LogP contribution in [0.2, 0.25) is 0 Å². The fourth-order valence-corrected chi connectivity index (χ4v) is 5.67. The van der Waals surface area contributed by atoms with Crippen LogP contribution in [0.3, 0.4) is 0 Å². The number of hydrogen-bond acceptors (Lipinski definition) is 8. The molecule has 226 valence electrons. The standard InChI is InChI=1S/C30H44N4O7/c1-18(32-28(38)21-10-13-25(35)31-16-21)27(37)34-24(15-20-8-11-22(40-3)12-9-20)29(39)33-23(14-19-6-4-5-7-19)26(36)30(2)17-41-30/h8-9,11-12,18-19,21,23-25,31,35H,4-7,10,13-17H2,1-3H3,(H,32,38)(H,33,39)(H,34,37)/t18-,21-,23+,24+,25?,30-/m1/s1. The second kappa shape index (κ2) is 13.8. The van der Waals surface area contributed by atoms with Crippen molar-refractivity contribution in [3.05, 3.63) is 29.8 Å². The van der Waals surface area contributed by atoms with Crippen LogP contribution in [0.4, 0.5) is 0 Å². The number of carbonyl (C=O) groups excluding carboxylic acids is 4. The summed E-state index contributed by atoms with van der Waals surface area (Å²) in [4.78, 5) is 53.0. The number of ether oxygens (including phenoxy) is 2. The summed E-state index contributed by atoms with van der Waals surface area (Å²) < 4.78 is 10.6. The minimum atomic E-state index is -0.978. The molecular formula is C30H44N4O7. The van der Waals surface area contributed by atoms with Gasteiger partial charge in [-0.2, -0.15) is 0 Å². The quantitative estimate of drug-likeness (QED) is 0.219. The molecule has 0 radical (unpaired) electrons. The number of nitrogens with one attached hydrogen (secondary N) is 4. The van der Waals surface area contributed by atoms with E-state index in [4.69, 9.17) is 9.47 Å². The number of aliphatic hydroxyl groups excluding tert-OH is 1. The van der Waals surface area contributed by atoms with Crippen LogP contribution in [0.25, 0.3) is 0 Å². The van der Waals surface area contributed by atoms with Gasteiger partial charge in [0, 0.05) is 13.0 Å². The minimum Gasteiger partial charge on any atom is -0.497 e. The van der Waals surface area contributed by atoms with Crippen molar-refractivity contribution in [2.45, 2.75) is 95.2 Å². The molecule has 5 N–H and O–H groups in total. The highest BCUT2D eigenvalue weighted by Crippen LogP contribution is 2.33. The number of rotatable bonds is 13. The van der Waals surface area contributed by atoms with Crippen molar-refractivity contribution >= 4 is 23.5 Å². The van der Waals surface area contributed by atoms with Gasteiger partial charge in [0.1, 0.15) is 29.7 Å². The first-order valence-electron chi connectivity index (χ1n) is 14.7. The van der Waals surface area contributed by atoms with Gasteiger partial charge in [-0.1, -0.05) is 37.8 Å². The minimum absolute atomic E-state index is 0.140. The predicted octanol–water partition coefficient (Wildman–Crippen LogP) is 0.968. The van der Waals surface area contributed by atoms with Gasteiger partial charge >= 0.3 is 0 Å². The molecule has 11 heteroatoms. The number of epoxide rings is 1. The Hall–Kier alpha value is -3.02. The van der Waals surface area contributed by atoms with Crippen LogP contribution in [0.15, 0.2) is 24.3 Å². The van der Waals surface area contributed by atoms with E-state index in [1.165, 1.54) is 0 Å². The number of hydrogen-bond donors (Lipinski definition) is 5. The maximum Gasteiger partial charge on any atom is 0.243 e. The van der Waals surface area contributed by atoms with E-state index in [1.54, 1.807) is 33.1 Å². The van der Waals surface area contributed by atoms with Gasteiger partial charge in [-0.15, -0.1) is 0 Å². The van der Waals surface area contributed by atoms with E-state index >= 15 is 0 Å². The lowest BCUT2D eigenvalue weighted by molar-refractivity contribution is -0.135. The molecule has 0 bridgehead atoms. The van der Waals surface area contributed by atoms with Crippen molar-refractivity contribution in [1.82, 2.24) is 21.3 Å². The van der Waals surface area contributed by atoms with Crippen molar-refractivity contribution in [2.24, 2.45) is 11.8 Å². The second-order valence-corrected chi connectivity index (χ2v) is 11.9. The fourth-order valence-electron chi connectivity index (χ4n) is 5.67. The topological polar surface area (TPSA) is 158 Å². The number of amides is 3. The summed E-state index contributed by atoms with van der Waals surface area (Å²) in [6.45, 7) is 3.97. The molecule has 2 heterocycles. The average Bonchev–Trinajstić information content (AvgIpc) is 3.50. The van der Waals surface area contributed by atoms with Gasteiger partial charge in [0.15, 0.2) is 5.78 Å². The zero-order valence-electron chi connectivity index (χ0n) is 24.2. The van der Waals surface area contributed by atoms with Crippen molar-refractivity contribution in [3.63, 3.8) is 0 Å². The Labute approximate surface area is 241 Å². The lowest BCUT2D eigenvalue weighted by Gasteiger charge is -2.28. The summed E-state index contributed by atoms with van der Waals surface area (Å²) in [6, 6.07) is 4.62. The predicted molar refractivity (Wildman–Crippen MR) is 151 cm³/mol. The third kappa shape index (κ3) is 8.50. The van der Waals surface area contributed by atoms with E-state index in [1.807, 2.05) is 12.1 Å². The molecule has 1 unspecified atom stereocenters. The van der Waals surface area contributed by atoms with Gasteiger partial charge in [-0.25, -0.2) is 0 Å². The molecule has 41 heavy (non-hydrogen) atoms. The summed E-state index contributed by atoms with van der Waals surface area (Å²) in [5, 5.41) is 21.0. The highest BCUT2D eigenvalue weighted by atomic mass is 16.6. The molecule has 3 amide bonds. The van der Waals surface area contributed by atoms with E-state index in [-0.39, 0.29) is 24.0 Å². The number of methoxy groups -OCH3 is 1. The van der Waals surface area contributed by atoms with Crippen LogP contribution in [0, 0.1) is 11.8 Å². The summed E-state index contributed by atoms with van der Waals surface area (Å²) in [6.07, 6.45) is 5.34. The molecular weight excluding hydrogens is 528 g/mol. The molecule has 1 aliphatic carbocycles. The zero-order chi connectivity index (χ0) is 29.6. The van der Waals surface area contributed by atoms with E-state index in [0.717, 1.165) is 31.2 Å². The van der Waals surface area contributed by atoms with Crippen LogP contribution in [0.5, 0.6) is 5.75 Å². The highest BCUT2D eigenvalue weighted by Gasteiger charge is 2.50. The molecule has 11 nitrogen and oxygen atoms in total. The summed E-state index contributed by atoms with van der Waals surface area (Å²) in [5.74, 6) is -0.736. The first-order valence-corrected chi connectivity index (χ1v) is 14.7. The molecule has 3 fully saturated rings. The number of carbonyl (C=O) groups is 4. The van der Waals surface area contributed by atoms with Gasteiger partial charge in [-0.3, -0.25) is 24.5 Å².